The van der Waals surface area contributed by atoms with Crippen LogP contribution in [-0.4, -0.2) is 40.6 Å². The van der Waals surface area contributed by atoms with E-state index in [0.717, 1.165) is 57.1 Å². The molecule has 3 aliphatic rings. The molecular weight excluding hydrogens is 408 g/mol. The first-order valence-corrected chi connectivity index (χ1v) is 12.1. The van der Waals surface area contributed by atoms with Gasteiger partial charge in [0.05, 0.1) is 6.61 Å². The Hall–Kier alpha value is -2.44. The van der Waals surface area contributed by atoms with Crippen molar-refractivity contribution in [2.24, 2.45) is 17.8 Å². The molecule has 0 bridgehead atoms. The van der Waals surface area contributed by atoms with Crippen molar-refractivity contribution < 1.29 is 24.2 Å². The monoisotopic (exact) mass is 442 g/mol. The zero-order valence-electron chi connectivity index (χ0n) is 18.7. The summed E-state index contributed by atoms with van der Waals surface area (Å²) < 4.78 is 5.11. The van der Waals surface area contributed by atoms with Crippen molar-refractivity contribution >= 4 is 17.8 Å². The first-order valence-electron chi connectivity index (χ1n) is 12.1. The van der Waals surface area contributed by atoms with Crippen molar-refractivity contribution in [2.45, 2.75) is 83.1 Å². The third kappa shape index (κ3) is 5.87. The van der Waals surface area contributed by atoms with Crippen LogP contribution in [-0.2, 0) is 33.6 Å². The second kappa shape index (κ2) is 10.5. The molecule has 0 radical (unpaired) electrons. The van der Waals surface area contributed by atoms with Crippen molar-refractivity contribution in [3.8, 4) is 0 Å². The molecule has 7 nitrogen and oxygen atoms in total. The lowest BCUT2D eigenvalue weighted by atomic mass is 9.70. The predicted molar refractivity (Wildman–Crippen MR) is 118 cm³/mol. The van der Waals surface area contributed by atoms with Crippen molar-refractivity contribution in [3.63, 3.8) is 0 Å². The van der Waals surface area contributed by atoms with Crippen LogP contribution >= 0.6 is 0 Å². The Morgan fingerprint density at radius 3 is 2.59 bits per heavy atom. The summed E-state index contributed by atoms with van der Waals surface area (Å²) in [6.07, 6.45) is 10.1. The van der Waals surface area contributed by atoms with Gasteiger partial charge in [0.25, 0.3) is 0 Å². The molecule has 2 fully saturated rings. The number of carboxylic acids is 1. The molecule has 2 saturated carbocycles. The molecule has 1 atom stereocenters. The van der Waals surface area contributed by atoms with Crippen molar-refractivity contribution in [3.05, 3.63) is 29.1 Å². The van der Waals surface area contributed by atoms with Crippen LogP contribution < -0.4 is 5.32 Å². The van der Waals surface area contributed by atoms with Gasteiger partial charge in [0.1, 0.15) is 11.8 Å². The molecular formula is C25H34N2O5. The number of rotatable bonds is 10. The van der Waals surface area contributed by atoms with Gasteiger partial charge in [-0.25, -0.2) is 9.59 Å². The topological polar surface area (TPSA) is 106 Å². The third-order valence-electron chi connectivity index (χ3n) is 7.37. The fourth-order valence-corrected chi connectivity index (χ4v) is 4.99. The second-order valence-corrected chi connectivity index (χ2v) is 9.79. The fourth-order valence-electron chi connectivity index (χ4n) is 4.99. The Labute approximate surface area is 189 Å². The second-order valence-electron chi connectivity index (χ2n) is 9.79. The Bertz CT molecular complexity index is 845. The average molecular weight is 443 g/mol. The van der Waals surface area contributed by atoms with Gasteiger partial charge in [-0.2, -0.15) is 0 Å². The molecule has 1 aromatic rings. The largest absolute Gasteiger partial charge is 0.480 e. The Balaban J connectivity index is 1.16. The number of pyridine rings is 1. The van der Waals surface area contributed by atoms with E-state index in [2.05, 4.69) is 17.4 Å². The summed E-state index contributed by atoms with van der Waals surface area (Å²) in [7, 11) is 0. The van der Waals surface area contributed by atoms with Crippen molar-refractivity contribution in [1.82, 2.24) is 10.3 Å². The van der Waals surface area contributed by atoms with Crippen LogP contribution in [0.25, 0.3) is 0 Å². The number of aryl methyl sites for hydroxylation is 2. The molecule has 3 aliphatic carbocycles. The number of aliphatic carboxylic acids is 1. The summed E-state index contributed by atoms with van der Waals surface area (Å²) in [6, 6.07) is 3.25. The Kier molecular flexibility index (Phi) is 7.43. The minimum absolute atomic E-state index is 0.00218. The third-order valence-corrected chi connectivity index (χ3v) is 7.37. The number of hydrogen-bond donors (Lipinski definition) is 2. The van der Waals surface area contributed by atoms with E-state index in [9.17, 15) is 19.5 Å². The molecule has 174 valence electrons. The SMILES string of the molecule is O=C(N[C@@H](CCC(=O)C1CC(Cc2ccc3c(n2)CCCC3)C1)C(=O)O)OCC1CCC1. The van der Waals surface area contributed by atoms with Crippen LogP contribution in [0, 0.1) is 17.8 Å². The van der Waals surface area contributed by atoms with E-state index in [1.54, 1.807) is 0 Å². The molecule has 4 rings (SSSR count). The quantitative estimate of drug-likeness (QED) is 0.570. The Morgan fingerprint density at radius 2 is 1.88 bits per heavy atom. The highest BCUT2D eigenvalue weighted by molar-refractivity contribution is 5.84. The number of nitrogens with zero attached hydrogens (tertiary/aromatic N) is 1. The maximum atomic E-state index is 12.5. The highest BCUT2D eigenvalue weighted by Gasteiger charge is 2.35. The summed E-state index contributed by atoms with van der Waals surface area (Å²) >= 11 is 0. The number of ether oxygens (including phenoxy) is 1. The molecule has 32 heavy (non-hydrogen) atoms. The lowest BCUT2D eigenvalue weighted by Crippen LogP contribution is -2.42. The van der Waals surface area contributed by atoms with Gasteiger partial charge in [-0.3, -0.25) is 9.78 Å². The van der Waals surface area contributed by atoms with E-state index in [1.165, 1.54) is 24.1 Å². The van der Waals surface area contributed by atoms with Gasteiger partial charge >= 0.3 is 12.1 Å². The van der Waals surface area contributed by atoms with Crippen LogP contribution in [0.1, 0.15) is 74.7 Å². The number of aromatic nitrogens is 1. The molecule has 0 unspecified atom stereocenters. The zero-order chi connectivity index (χ0) is 22.5. The van der Waals surface area contributed by atoms with Crippen molar-refractivity contribution in [2.75, 3.05) is 6.61 Å². The van der Waals surface area contributed by atoms with E-state index in [-0.39, 0.29) is 24.5 Å². The summed E-state index contributed by atoms with van der Waals surface area (Å²) in [5.74, 6) is -0.182. The summed E-state index contributed by atoms with van der Waals surface area (Å²) in [5, 5.41) is 11.8. The number of alkyl carbamates (subject to hydrolysis) is 1. The van der Waals surface area contributed by atoms with Gasteiger partial charge in [0.15, 0.2) is 0 Å². The molecule has 0 aromatic carbocycles. The van der Waals surface area contributed by atoms with Gasteiger partial charge in [-0.05, 0) is 87.7 Å². The van der Waals surface area contributed by atoms with E-state index < -0.39 is 18.1 Å². The number of nitrogens with one attached hydrogen (secondary N) is 1. The number of amides is 1. The van der Waals surface area contributed by atoms with Crippen molar-refractivity contribution in [1.29, 1.82) is 0 Å². The van der Waals surface area contributed by atoms with Crippen LogP contribution in [0.3, 0.4) is 0 Å². The molecule has 1 amide bonds. The molecule has 0 saturated heterocycles. The number of fused-ring (bicyclic) bond motifs is 1. The molecule has 1 heterocycles. The number of carbonyl (C=O) groups is 3. The summed E-state index contributed by atoms with van der Waals surface area (Å²) in [5.41, 5.74) is 3.76. The number of carbonyl (C=O) groups excluding carboxylic acids is 2. The summed E-state index contributed by atoms with van der Waals surface area (Å²) in [4.78, 5) is 40.7. The number of ketones is 1. The van der Waals surface area contributed by atoms with E-state index in [1.807, 2.05) is 0 Å². The molecule has 7 heteroatoms. The number of Topliss-reactive ketones (excluding diaryl/α,β-unsaturated/α-hetero) is 1. The highest BCUT2D eigenvalue weighted by Crippen LogP contribution is 2.37. The molecule has 0 aliphatic heterocycles. The Morgan fingerprint density at radius 1 is 1.09 bits per heavy atom. The maximum absolute atomic E-state index is 12.5. The smallest absolute Gasteiger partial charge is 0.407 e. The van der Waals surface area contributed by atoms with E-state index in [0.29, 0.717) is 18.4 Å². The van der Waals surface area contributed by atoms with Gasteiger partial charge < -0.3 is 15.2 Å². The van der Waals surface area contributed by atoms with E-state index >= 15 is 0 Å². The fraction of sp³-hybridized carbons (Fsp3) is 0.680. The van der Waals surface area contributed by atoms with Crippen LogP contribution in [0.2, 0.25) is 0 Å². The normalized spacial score (nSPS) is 23.2. The first-order chi connectivity index (χ1) is 15.5. The van der Waals surface area contributed by atoms with E-state index in [4.69, 9.17) is 9.72 Å². The van der Waals surface area contributed by atoms with Crippen LogP contribution in [0.5, 0.6) is 0 Å². The molecule has 1 aromatic heterocycles. The van der Waals surface area contributed by atoms with Gasteiger partial charge in [-0.15, -0.1) is 0 Å². The molecule has 0 spiro atoms. The first kappa shape index (κ1) is 22.7. The minimum Gasteiger partial charge on any atom is -0.480 e. The summed E-state index contributed by atoms with van der Waals surface area (Å²) in [6.45, 7) is 0.333. The van der Waals surface area contributed by atoms with Gasteiger partial charge in [-0.1, -0.05) is 12.5 Å². The minimum atomic E-state index is -1.14. The predicted octanol–water partition coefficient (Wildman–Crippen LogP) is 3.86. The average Bonchev–Trinajstić information content (AvgIpc) is 2.71. The van der Waals surface area contributed by atoms with Crippen LogP contribution in [0.15, 0.2) is 12.1 Å². The lowest BCUT2D eigenvalue weighted by Gasteiger charge is -2.34. The maximum Gasteiger partial charge on any atom is 0.407 e. The van der Waals surface area contributed by atoms with Crippen LogP contribution in [0.4, 0.5) is 4.79 Å². The number of hydrogen-bond acceptors (Lipinski definition) is 5. The molecule has 2 N–H and O–H groups in total. The van der Waals surface area contributed by atoms with Gasteiger partial charge in [0, 0.05) is 23.7 Å². The highest BCUT2D eigenvalue weighted by atomic mass is 16.5. The standard InChI is InChI=1S/C25H34N2O5/c28-23(11-10-22(24(29)30)27-25(31)32-15-16-4-3-5-16)19-12-17(13-19)14-20-9-8-18-6-1-2-7-21(18)26-20/h8-9,16-17,19,22H,1-7,10-15H2,(H,27,31)(H,29,30)/t17?,19?,22-/m0/s1. The number of carboxylic acid groups (broad SMARTS) is 1. The zero-order valence-corrected chi connectivity index (χ0v) is 18.7. The van der Waals surface area contributed by atoms with Gasteiger partial charge in [0.2, 0.25) is 0 Å². The lowest BCUT2D eigenvalue weighted by molar-refractivity contribution is -0.139.